The molecular weight excluding hydrogens is 450 g/mol. The highest BCUT2D eigenvalue weighted by atomic mass is 32.2. The number of carbonyl (C=O) groups is 1. The van der Waals surface area contributed by atoms with E-state index in [9.17, 15) is 4.79 Å². The van der Waals surface area contributed by atoms with E-state index in [-0.39, 0.29) is 5.24 Å². The van der Waals surface area contributed by atoms with Crippen molar-refractivity contribution in [2.45, 2.75) is 0 Å². The zero-order valence-corrected chi connectivity index (χ0v) is 19.3. The number of carbonyl (C=O) groups excluding carboxylic acids is 1. The molecule has 0 bridgehead atoms. The summed E-state index contributed by atoms with van der Waals surface area (Å²) in [4.78, 5) is 15.5. The summed E-state index contributed by atoms with van der Waals surface area (Å²) < 4.78 is 7.13. The molecule has 1 aromatic heterocycles. The first-order chi connectivity index (χ1) is 16.1. The first-order valence-electron chi connectivity index (χ1n) is 10.3. The number of hydrogen-bond acceptors (Lipinski definition) is 5. The lowest BCUT2D eigenvalue weighted by Crippen LogP contribution is -2.26. The van der Waals surface area contributed by atoms with E-state index in [4.69, 9.17) is 22.1 Å². The standard InChI is InChI=1S/C26H19N3O2S2/c1-31-22-14-12-18(13-15-22)24-19(17-28(27-24)20-8-4-2-5-9-20)16-23-25(32)29(26(30)33-23)21-10-6-3-7-11-21/h2-17H,1H3/b23-16-. The van der Waals surface area contributed by atoms with Gasteiger partial charge in [-0.3, -0.25) is 9.69 Å². The number of ether oxygens (including phenoxy) is 1. The molecule has 0 radical (unpaired) electrons. The van der Waals surface area contributed by atoms with Crippen LogP contribution in [-0.4, -0.2) is 27.1 Å². The van der Waals surface area contributed by atoms with Crippen LogP contribution < -0.4 is 9.64 Å². The Morgan fingerprint density at radius 2 is 1.55 bits per heavy atom. The van der Waals surface area contributed by atoms with Crippen LogP contribution in [0.5, 0.6) is 5.75 Å². The van der Waals surface area contributed by atoms with Crippen LogP contribution >= 0.6 is 24.0 Å². The molecule has 0 spiro atoms. The van der Waals surface area contributed by atoms with Gasteiger partial charge in [-0.15, -0.1) is 0 Å². The summed E-state index contributed by atoms with van der Waals surface area (Å²) in [6.07, 6.45) is 3.90. The highest BCUT2D eigenvalue weighted by Gasteiger charge is 2.33. The van der Waals surface area contributed by atoms with Crippen LogP contribution in [0, 0.1) is 0 Å². The zero-order chi connectivity index (χ0) is 22.8. The summed E-state index contributed by atoms with van der Waals surface area (Å²) in [6, 6.07) is 27.1. The van der Waals surface area contributed by atoms with Crippen molar-refractivity contribution in [2.75, 3.05) is 12.0 Å². The molecule has 7 heteroatoms. The molecule has 1 aliphatic rings. The van der Waals surface area contributed by atoms with Crippen molar-refractivity contribution in [3.63, 3.8) is 0 Å². The van der Waals surface area contributed by atoms with E-state index in [1.165, 1.54) is 0 Å². The molecule has 4 aromatic rings. The van der Waals surface area contributed by atoms with Gasteiger partial charge in [0.25, 0.3) is 5.24 Å². The van der Waals surface area contributed by atoms with Crippen LogP contribution in [0.3, 0.4) is 0 Å². The number of amides is 1. The average molecular weight is 470 g/mol. The van der Waals surface area contributed by atoms with Gasteiger partial charge in [0.15, 0.2) is 0 Å². The van der Waals surface area contributed by atoms with E-state index < -0.39 is 0 Å². The lowest BCUT2D eigenvalue weighted by Gasteiger charge is -2.14. The number of methoxy groups -OCH3 is 1. The molecule has 1 aliphatic heterocycles. The summed E-state index contributed by atoms with van der Waals surface area (Å²) in [7, 11) is 1.64. The Hall–Kier alpha value is -3.68. The van der Waals surface area contributed by atoms with E-state index in [1.807, 2.05) is 102 Å². The van der Waals surface area contributed by atoms with Gasteiger partial charge in [-0.25, -0.2) is 4.68 Å². The lowest BCUT2D eigenvalue weighted by molar-refractivity contribution is 0.268. The zero-order valence-electron chi connectivity index (χ0n) is 17.7. The number of rotatable bonds is 5. The lowest BCUT2D eigenvalue weighted by atomic mass is 10.1. The Balaban J connectivity index is 1.58. The molecule has 1 saturated heterocycles. The van der Waals surface area contributed by atoms with Crippen molar-refractivity contribution >= 4 is 46.0 Å². The van der Waals surface area contributed by atoms with Crippen LogP contribution in [0.4, 0.5) is 10.5 Å². The van der Waals surface area contributed by atoms with Gasteiger partial charge in [-0.05, 0) is 66.4 Å². The molecule has 3 aromatic carbocycles. The Bertz CT molecular complexity index is 1350. The Kier molecular flexibility index (Phi) is 5.81. The molecule has 2 heterocycles. The summed E-state index contributed by atoms with van der Waals surface area (Å²) >= 11 is 6.82. The molecule has 5 rings (SSSR count). The maximum atomic E-state index is 12.8. The average Bonchev–Trinajstić information content (AvgIpc) is 3.40. The maximum Gasteiger partial charge on any atom is 0.296 e. The smallest absolute Gasteiger partial charge is 0.296 e. The summed E-state index contributed by atoms with van der Waals surface area (Å²) in [5.41, 5.74) is 4.32. The molecule has 0 aliphatic carbocycles. The van der Waals surface area contributed by atoms with Crippen molar-refractivity contribution in [2.24, 2.45) is 0 Å². The van der Waals surface area contributed by atoms with Gasteiger partial charge in [0, 0.05) is 17.3 Å². The third-order valence-electron chi connectivity index (χ3n) is 5.22. The molecule has 5 nitrogen and oxygen atoms in total. The number of hydrogen-bond donors (Lipinski definition) is 0. The van der Waals surface area contributed by atoms with Crippen LogP contribution in [-0.2, 0) is 0 Å². The number of thioether (sulfide) groups is 1. The molecule has 0 atom stereocenters. The van der Waals surface area contributed by atoms with Gasteiger partial charge in [0.05, 0.1) is 29.1 Å². The number of para-hydroxylation sites is 2. The molecule has 1 amide bonds. The second kappa shape index (κ2) is 9.05. The second-order valence-corrected chi connectivity index (χ2v) is 8.67. The third kappa shape index (κ3) is 4.20. The molecule has 0 unspecified atom stereocenters. The van der Waals surface area contributed by atoms with Gasteiger partial charge in [-0.2, -0.15) is 5.10 Å². The second-order valence-electron chi connectivity index (χ2n) is 7.29. The SMILES string of the molecule is COc1ccc(-c2nn(-c3ccccc3)cc2/C=C2\SC(=O)N(c3ccccc3)C2=S)cc1. The number of nitrogens with zero attached hydrogens (tertiary/aromatic N) is 3. The van der Waals surface area contributed by atoms with E-state index in [2.05, 4.69) is 0 Å². The minimum absolute atomic E-state index is 0.112. The predicted octanol–water partition coefficient (Wildman–Crippen LogP) is 6.59. The van der Waals surface area contributed by atoms with Crippen molar-refractivity contribution in [3.05, 3.63) is 102 Å². The van der Waals surface area contributed by atoms with Crippen molar-refractivity contribution < 1.29 is 9.53 Å². The van der Waals surface area contributed by atoms with Crippen LogP contribution in [0.25, 0.3) is 23.0 Å². The monoisotopic (exact) mass is 469 g/mol. The van der Waals surface area contributed by atoms with Gasteiger partial charge in [0.2, 0.25) is 0 Å². The molecule has 33 heavy (non-hydrogen) atoms. The molecule has 0 saturated carbocycles. The fourth-order valence-corrected chi connectivity index (χ4v) is 4.86. The van der Waals surface area contributed by atoms with Gasteiger partial charge in [0.1, 0.15) is 10.7 Å². The highest BCUT2D eigenvalue weighted by molar-refractivity contribution is 8.20. The maximum absolute atomic E-state index is 12.8. The van der Waals surface area contributed by atoms with E-state index in [0.717, 1.165) is 50.6 Å². The Morgan fingerprint density at radius 3 is 2.18 bits per heavy atom. The van der Waals surface area contributed by atoms with Crippen molar-refractivity contribution in [1.82, 2.24) is 9.78 Å². The van der Waals surface area contributed by atoms with E-state index in [1.54, 1.807) is 12.0 Å². The number of aromatic nitrogens is 2. The van der Waals surface area contributed by atoms with E-state index >= 15 is 0 Å². The molecule has 0 N–H and O–H groups in total. The van der Waals surface area contributed by atoms with Gasteiger partial charge in [-0.1, -0.05) is 48.6 Å². The molecule has 1 fully saturated rings. The summed E-state index contributed by atoms with van der Waals surface area (Å²) in [5.74, 6) is 0.776. The number of anilines is 1. The number of benzene rings is 3. The van der Waals surface area contributed by atoms with Gasteiger partial charge < -0.3 is 4.74 Å². The molecule has 162 valence electrons. The molecular formula is C26H19N3O2S2. The topological polar surface area (TPSA) is 47.4 Å². The third-order valence-corrected chi connectivity index (χ3v) is 6.64. The van der Waals surface area contributed by atoms with Crippen LogP contribution in [0.1, 0.15) is 5.56 Å². The summed E-state index contributed by atoms with van der Waals surface area (Å²) in [6.45, 7) is 0. The van der Waals surface area contributed by atoms with Crippen molar-refractivity contribution in [1.29, 1.82) is 0 Å². The first-order valence-corrected chi connectivity index (χ1v) is 11.5. The normalized spacial score (nSPS) is 14.8. The Morgan fingerprint density at radius 1 is 0.909 bits per heavy atom. The fourth-order valence-electron chi connectivity index (χ4n) is 3.59. The summed E-state index contributed by atoms with van der Waals surface area (Å²) in [5, 5.41) is 4.74. The van der Waals surface area contributed by atoms with Crippen LogP contribution in [0.15, 0.2) is 96.0 Å². The minimum Gasteiger partial charge on any atom is -0.497 e. The Labute approximate surface area is 201 Å². The van der Waals surface area contributed by atoms with Crippen molar-refractivity contribution in [3.8, 4) is 22.7 Å². The minimum atomic E-state index is -0.112. The van der Waals surface area contributed by atoms with E-state index in [0.29, 0.717) is 4.99 Å². The highest BCUT2D eigenvalue weighted by Crippen LogP contribution is 2.38. The first kappa shape index (κ1) is 21.2. The fraction of sp³-hybridized carbons (Fsp3) is 0.0385. The number of thiocarbonyl (C=S) groups is 1. The van der Waals surface area contributed by atoms with Gasteiger partial charge >= 0.3 is 0 Å². The van der Waals surface area contributed by atoms with Crippen LogP contribution in [0.2, 0.25) is 0 Å². The largest absolute Gasteiger partial charge is 0.497 e. The predicted molar refractivity (Wildman–Crippen MR) is 138 cm³/mol. The quantitative estimate of drug-likeness (QED) is 0.244.